The maximum atomic E-state index is 12.6. The zero-order valence-electron chi connectivity index (χ0n) is 10.2. The van der Waals surface area contributed by atoms with Crippen molar-refractivity contribution in [3.63, 3.8) is 0 Å². The average Bonchev–Trinajstić information content (AvgIpc) is 2.62. The minimum atomic E-state index is -4.17. The Balaban J connectivity index is 1.92. The summed E-state index contributed by atoms with van der Waals surface area (Å²) in [4.78, 5) is 1.31. The van der Waals surface area contributed by atoms with E-state index < -0.39 is 12.2 Å². The third-order valence-electron chi connectivity index (χ3n) is 3.06. The summed E-state index contributed by atoms with van der Waals surface area (Å²) >= 11 is 0. The number of aromatic nitrogens is 2. The molecular formula is C10H15F3N4O. The Morgan fingerprint density at radius 2 is 2.06 bits per heavy atom. The Kier molecular flexibility index (Phi) is 3.47. The number of rotatable bonds is 2. The molecule has 0 radical (unpaired) electrons. The molecule has 0 bridgehead atoms. The van der Waals surface area contributed by atoms with Crippen molar-refractivity contribution in [2.24, 2.45) is 0 Å². The van der Waals surface area contributed by atoms with Crippen molar-refractivity contribution in [1.29, 1.82) is 0 Å². The predicted molar refractivity (Wildman–Crippen MR) is 58.2 cm³/mol. The van der Waals surface area contributed by atoms with Gasteiger partial charge in [-0.3, -0.25) is 4.90 Å². The van der Waals surface area contributed by atoms with Crippen molar-refractivity contribution in [2.45, 2.75) is 38.0 Å². The number of aryl methyl sites for hydroxylation is 1. The molecule has 0 aliphatic carbocycles. The lowest BCUT2D eigenvalue weighted by atomic mass is 9.98. The molecule has 18 heavy (non-hydrogen) atoms. The molecule has 1 aromatic heterocycles. The van der Waals surface area contributed by atoms with Crippen molar-refractivity contribution < 1.29 is 17.6 Å². The molecule has 2 atom stereocenters. The van der Waals surface area contributed by atoms with Crippen LogP contribution in [0.25, 0.3) is 0 Å². The molecule has 1 fully saturated rings. The molecule has 0 saturated carbocycles. The number of hydrogen-bond acceptors (Lipinski definition) is 5. The van der Waals surface area contributed by atoms with Crippen LogP contribution in [0.2, 0.25) is 0 Å². The van der Waals surface area contributed by atoms with Crippen LogP contribution < -0.4 is 5.32 Å². The molecule has 0 spiro atoms. The van der Waals surface area contributed by atoms with E-state index in [0.717, 1.165) is 0 Å². The molecule has 1 aromatic rings. The van der Waals surface area contributed by atoms with Crippen molar-refractivity contribution >= 4 is 6.01 Å². The lowest BCUT2D eigenvalue weighted by Crippen LogP contribution is -2.52. The summed E-state index contributed by atoms with van der Waals surface area (Å²) in [7, 11) is 1.48. The molecule has 1 aliphatic rings. The summed E-state index contributed by atoms with van der Waals surface area (Å²) in [5.74, 6) is 0.426. The second-order valence-corrected chi connectivity index (χ2v) is 4.54. The van der Waals surface area contributed by atoms with Crippen molar-refractivity contribution in [2.75, 3.05) is 18.9 Å². The van der Waals surface area contributed by atoms with Gasteiger partial charge in [0.05, 0.1) is 0 Å². The predicted octanol–water partition coefficient (Wildman–Crippen LogP) is 1.82. The number of alkyl halides is 3. The Bertz CT molecular complexity index is 406. The molecule has 0 aromatic carbocycles. The summed E-state index contributed by atoms with van der Waals surface area (Å²) in [6.45, 7) is 1.95. The van der Waals surface area contributed by atoms with Gasteiger partial charge < -0.3 is 9.73 Å². The third-order valence-corrected chi connectivity index (χ3v) is 3.06. The van der Waals surface area contributed by atoms with Gasteiger partial charge in [0.2, 0.25) is 5.89 Å². The van der Waals surface area contributed by atoms with Gasteiger partial charge in [0, 0.05) is 19.5 Å². The first-order valence-electron chi connectivity index (χ1n) is 5.70. The van der Waals surface area contributed by atoms with Crippen LogP contribution in [0.1, 0.15) is 18.7 Å². The lowest BCUT2D eigenvalue weighted by molar-refractivity contribution is -0.187. The molecule has 2 heterocycles. The van der Waals surface area contributed by atoms with Crippen LogP contribution in [0, 0.1) is 6.92 Å². The molecule has 0 unspecified atom stereocenters. The van der Waals surface area contributed by atoms with Crippen molar-refractivity contribution in [1.82, 2.24) is 15.1 Å². The summed E-state index contributed by atoms with van der Waals surface area (Å²) in [6.07, 6.45) is -3.67. The van der Waals surface area contributed by atoms with Crippen LogP contribution in [0.5, 0.6) is 0 Å². The van der Waals surface area contributed by atoms with E-state index in [9.17, 15) is 13.2 Å². The first kappa shape index (κ1) is 13.1. The molecule has 1 N–H and O–H groups in total. The number of anilines is 1. The van der Waals surface area contributed by atoms with E-state index in [2.05, 4.69) is 15.5 Å². The molecule has 1 aliphatic heterocycles. The van der Waals surface area contributed by atoms with Crippen LogP contribution in [-0.2, 0) is 0 Å². The smallest absolute Gasteiger partial charge is 0.404 e. The van der Waals surface area contributed by atoms with Gasteiger partial charge in [-0.1, -0.05) is 5.10 Å². The highest BCUT2D eigenvalue weighted by Gasteiger charge is 2.44. The van der Waals surface area contributed by atoms with Gasteiger partial charge in [0.25, 0.3) is 0 Å². The van der Waals surface area contributed by atoms with Gasteiger partial charge in [-0.25, -0.2) is 0 Å². The van der Waals surface area contributed by atoms with E-state index in [1.807, 2.05) is 0 Å². The molecule has 1 saturated heterocycles. The fourth-order valence-electron chi connectivity index (χ4n) is 2.21. The molecule has 102 valence electrons. The van der Waals surface area contributed by atoms with Crippen LogP contribution in [0.4, 0.5) is 19.2 Å². The summed E-state index contributed by atoms with van der Waals surface area (Å²) in [5, 5.41) is 10.4. The standard InChI is InChI=1S/C10H15F3N4O/c1-6-15-16-9(18-6)14-7-3-4-8(10(11,12)13)17(2)5-7/h7-8H,3-5H2,1-2H3,(H,14,16)/t7-,8-/m0/s1. The van der Waals surface area contributed by atoms with Crippen molar-refractivity contribution in [3.8, 4) is 0 Å². The van der Waals surface area contributed by atoms with Crippen LogP contribution in [-0.4, -0.2) is 46.9 Å². The first-order chi connectivity index (χ1) is 8.36. The van der Waals surface area contributed by atoms with E-state index >= 15 is 0 Å². The minimum Gasteiger partial charge on any atom is -0.408 e. The fraction of sp³-hybridized carbons (Fsp3) is 0.800. The van der Waals surface area contributed by atoms with E-state index in [4.69, 9.17) is 4.42 Å². The van der Waals surface area contributed by atoms with Crippen LogP contribution in [0.3, 0.4) is 0 Å². The molecular weight excluding hydrogens is 249 g/mol. The van der Waals surface area contributed by atoms with Crippen LogP contribution >= 0.6 is 0 Å². The van der Waals surface area contributed by atoms with E-state index in [0.29, 0.717) is 18.9 Å². The maximum Gasteiger partial charge on any atom is 0.404 e. The topological polar surface area (TPSA) is 54.2 Å². The quantitative estimate of drug-likeness (QED) is 0.883. The highest BCUT2D eigenvalue weighted by atomic mass is 19.4. The average molecular weight is 264 g/mol. The zero-order chi connectivity index (χ0) is 13.3. The van der Waals surface area contributed by atoms with Crippen LogP contribution in [0.15, 0.2) is 4.42 Å². The molecule has 2 rings (SSSR count). The zero-order valence-corrected chi connectivity index (χ0v) is 10.2. The fourth-order valence-corrected chi connectivity index (χ4v) is 2.21. The summed E-state index contributed by atoms with van der Waals surface area (Å²) in [5.41, 5.74) is 0. The molecule has 8 heteroatoms. The number of nitrogens with one attached hydrogen (secondary N) is 1. The Morgan fingerprint density at radius 3 is 2.56 bits per heavy atom. The van der Waals surface area contributed by atoms with E-state index in [1.165, 1.54) is 11.9 Å². The number of likely N-dealkylation sites (N-methyl/N-ethyl adjacent to an activating group) is 1. The maximum absolute atomic E-state index is 12.6. The Hall–Kier alpha value is -1.31. The Labute approximate surface area is 102 Å². The monoisotopic (exact) mass is 264 g/mol. The summed E-state index contributed by atoms with van der Waals surface area (Å²) < 4.78 is 43.1. The largest absolute Gasteiger partial charge is 0.408 e. The molecule has 0 amide bonds. The number of piperidine rings is 1. The van der Waals surface area contributed by atoms with Gasteiger partial charge in [-0.15, -0.1) is 5.10 Å². The minimum absolute atomic E-state index is 0.0742. The number of nitrogens with zero attached hydrogens (tertiary/aromatic N) is 3. The van der Waals surface area contributed by atoms with Gasteiger partial charge in [0.15, 0.2) is 0 Å². The van der Waals surface area contributed by atoms with Gasteiger partial charge in [-0.05, 0) is 19.9 Å². The summed E-state index contributed by atoms with van der Waals surface area (Å²) in [6, 6.07) is -1.20. The number of likely N-dealkylation sites (tertiary alicyclic amines) is 1. The second kappa shape index (κ2) is 4.75. The number of hydrogen-bond donors (Lipinski definition) is 1. The van der Waals surface area contributed by atoms with E-state index in [-0.39, 0.29) is 18.5 Å². The molecule has 5 nitrogen and oxygen atoms in total. The second-order valence-electron chi connectivity index (χ2n) is 4.54. The van der Waals surface area contributed by atoms with Gasteiger partial charge >= 0.3 is 12.2 Å². The first-order valence-corrected chi connectivity index (χ1v) is 5.70. The van der Waals surface area contributed by atoms with Gasteiger partial charge in [-0.2, -0.15) is 13.2 Å². The third kappa shape index (κ3) is 2.92. The highest BCUT2D eigenvalue weighted by molar-refractivity contribution is 5.20. The highest BCUT2D eigenvalue weighted by Crippen LogP contribution is 2.31. The number of halogens is 3. The Morgan fingerprint density at radius 1 is 1.33 bits per heavy atom. The van der Waals surface area contributed by atoms with E-state index in [1.54, 1.807) is 6.92 Å². The van der Waals surface area contributed by atoms with Gasteiger partial charge in [0.1, 0.15) is 6.04 Å². The normalized spacial score (nSPS) is 26.3. The lowest BCUT2D eigenvalue weighted by Gasteiger charge is -2.37. The SMILES string of the molecule is Cc1nnc(N[C@H]2CC[C@@H](C(F)(F)F)N(C)C2)o1. The van der Waals surface area contributed by atoms with Crippen molar-refractivity contribution in [3.05, 3.63) is 5.89 Å².